The van der Waals surface area contributed by atoms with Gasteiger partial charge in [-0.1, -0.05) is 6.07 Å². The highest BCUT2D eigenvalue weighted by atomic mass is 32.2. The van der Waals surface area contributed by atoms with Crippen LogP contribution in [0.4, 0.5) is 0 Å². The molecule has 2 N–H and O–H groups in total. The summed E-state index contributed by atoms with van der Waals surface area (Å²) in [7, 11) is -3.08. The van der Waals surface area contributed by atoms with E-state index in [1.165, 1.54) is 5.56 Å². The van der Waals surface area contributed by atoms with Crippen molar-refractivity contribution in [2.75, 3.05) is 37.7 Å². The summed E-state index contributed by atoms with van der Waals surface area (Å²) in [5.74, 6) is 0.624. The molecule has 2 aliphatic rings. The summed E-state index contributed by atoms with van der Waals surface area (Å²) in [6, 6.07) is 5.86. The number of piperidine rings is 1. The molecule has 0 radical (unpaired) electrons. The molecule has 0 saturated carbocycles. The normalized spacial score (nSPS) is 29.5. The Morgan fingerprint density at radius 3 is 2.69 bits per heavy atom. The number of aliphatic hydroxyl groups is 1. The van der Waals surface area contributed by atoms with Crippen molar-refractivity contribution in [3.63, 3.8) is 0 Å². The molecule has 2 atom stereocenters. The molecule has 0 aromatic heterocycles. The van der Waals surface area contributed by atoms with Crippen LogP contribution in [0.25, 0.3) is 0 Å². The second kappa shape index (κ2) is 8.24. The van der Waals surface area contributed by atoms with Crippen molar-refractivity contribution < 1.29 is 23.1 Å². The monoisotopic (exact) mass is 424 g/mol. The molecule has 0 spiro atoms. The quantitative estimate of drug-likeness (QED) is 0.713. The van der Waals surface area contributed by atoms with Crippen LogP contribution in [0.5, 0.6) is 5.75 Å². The summed E-state index contributed by atoms with van der Waals surface area (Å²) >= 11 is 0. The Bertz CT molecular complexity index is 872. The van der Waals surface area contributed by atoms with Crippen molar-refractivity contribution in [1.29, 1.82) is 0 Å². The zero-order valence-electron chi connectivity index (χ0n) is 17.5. The van der Waals surface area contributed by atoms with E-state index < -0.39 is 21.0 Å². The number of hydrogen-bond donors (Lipinski definition) is 2. The van der Waals surface area contributed by atoms with Gasteiger partial charge in [-0.05, 0) is 69.8 Å². The molecule has 29 heavy (non-hydrogen) atoms. The molecule has 7 nitrogen and oxygen atoms in total. The van der Waals surface area contributed by atoms with Gasteiger partial charge in [0.2, 0.25) is 5.91 Å². The van der Waals surface area contributed by atoms with Crippen LogP contribution >= 0.6 is 0 Å². The lowest BCUT2D eigenvalue weighted by molar-refractivity contribution is -0.126. The van der Waals surface area contributed by atoms with Crippen LogP contribution in [0.15, 0.2) is 18.2 Å². The van der Waals surface area contributed by atoms with Crippen molar-refractivity contribution in [2.24, 2.45) is 0 Å². The third-order valence-electron chi connectivity index (χ3n) is 5.93. The van der Waals surface area contributed by atoms with Crippen molar-refractivity contribution in [3.05, 3.63) is 29.3 Å². The van der Waals surface area contributed by atoms with Crippen molar-refractivity contribution >= 4 is 15.7 Å². The van der Waals surface area contributed by atoms with Gasteiger partial charge in [0.05, 0.1) is 23.6 Å². The summed E-state index contributed by atoms with van der Waals surface area (Å²) < 4.78 is 29.3. The zero-order valence-corrected chi connectivity index (χ0v) is 18.3. The predicted octanol–water partition coefficient (Wildman–Crippen LogP) is 1.20. The third-order valence-corrected chi connectivity index (χ3v) is 7.84. The number of aryl methyl sites for hydroxylation is 2. The van der Waals surface area contributed by atoms with Crippen molar-refractivity contribution in [3.8, 4) is 5.75 Å². The number of sulfone groups is 1. The van der Waals surface area contributed by atoms with Gasteiger partial charge in [-0.25, -0.2) is 8.42 Å². The van der Waals surface area contributed by atoms with Gasteiger partial charge in [0.25, 0.3) is 0 Å². The van der Waals surface area contributed by atoms with Crippen LogP contribution in [0, 0.1) is 13.8 Å². The maximum atomic E-state index is 12.5. The van der Waals surface area contributed by atoms with Crippen LogP contribution < -0.4 is 10.1 Å². The van der Waals surface area contributed by atoms with E-state index in [1.54, 1.807) is 6.92 Å². The van der Waals surface area contributed by atoms with Crippen LogP contribution in [-0.2, 0) is 14.6 Å². The molecule has 3 rings (SSSR count). The minimum absolute atomic E-state index is 0.0144. The highest BCUT2D eigenvalue weighted by Crippen LogP contribution is 2.25. The van der Waals surface area contributed by atoms with Crippen molar-refractivity contribution in [2.45, 2.75) is 51.2 Å². The number of carbonyl (C=O) groups excluding carboxylic acids is 1. The molecular weight excluding hydrogens is 392 g/mol. The summed E-state index contributed by atoms with van der Waals surface area (Å²) in [5.41, 5.74) is 0.611. The Hall–Kier alpha value is -1.64. The summed E-state index contributed by atoms with van der Waals surface area (Å²) in [4.78, 5) is 14.4. The first-order valence-electron chi connectivity index (χ1n) is 10.1. The highest BCUT2D eigenvalue weighted by molar-refractivity contribution is 7.91. The van der Waals surface area contributed by atoms with Gasteiger partial charge in [-0.15, -0.1) is 0 Å². The second-order valence-corrected chi connectivity index (χ2v) is 11.2. The summed E-state index contributed by atoms with van der Waals surface area (Å²) in [5, 5.41) is 13.8. The molecule has 2 unspecified atom stereocenters. The van der Waals surface area contributed by atoms with Gasteiger partial charge in [0.1, 0.15) is 18.0 Å². The first kappa shape index (κ1) is 22.1. The smallest absolute Gasteiger partial charge is 0.234 e. The Kier molecular flexibility index (Phi) is 6.27. The maximum Gasteiger partial charge on any atom is 0.234 e. The Morgan fingerprint density at radius 1 is 1.28 bits per heavy atom. The van der Waals surface area contributed by atoms with Crippen LogP contribution in [-0.4, -0.2) is 73.2 Å². The molecule has 2 saturated heterocycles. The Labute approximate surface area is 173 Å². The van der Waals surface area contributed by atoms with E-state index in [2.05, 4.69) is 5.32 Å². The standard InChI is InChI=1S/C21H32N2O5S/c1-16-5-6-18(11-17(16)2)28-14-21(25)7-4-9-23(13-21)12-19(24)22-20(3)8-10-29(26,27)15-20/h5-6,11,25H,4,7-10,12-15H2,1-3H3,(H,22,24). The van der Waals surface area contributed by atoms with E-state index in [0.29, 0.717) is 25.9 Å². The van der Waals surface area contributed by atoms with E-state index in [-0.39, 0.29) is 30.6 Å². The molecule has 0 bridgehead atoms. The number of hydrogen-bond acceptors (Lipinski definition) is 6. The van der Waals surface area contributed by atoms with Crippen LogP contribution in [0.3, 0.4) is 0 Å². The minimum atomic E-state index is -3.08. The van der Waals surface area contributed by atoms with Crippen LogP contribution in [0.2, 0.25) is 0 Å². The molecule has 1 aromatic rings. The van der Waals surface area contributed by atoms with E-state index in [1.807, 2.05) is 36.9 Å². The molecule has 0 aliphatic carbocycles. The minimum Gasteiger partial charge on any atom is -0.491 e. The zero-order chi connectivity index (χ0) is 21.3. The lowest BCUT2D eigenvalue weighted by Gasteiger charge is -2.39. The molecule has 1 aromatic carbocycles. The number of carbonyl (C=O) groups is 1. The van der Waals surface area contributed by atoms with E-state index in [9.17, 15) is 18.3 Å². The second-order valence-electron chi connectivity index (χ2n) is 9.02. The Morgan fingerprint density at radius 2 is 2.03 bits per heavy atom. The molecular formula is C21H32N2O5S. The van der Waals surface area contributed by atoms with E-state index in [4.69, 9.17) is 4.74 Å². The molecule has 162 valence electrons. The van der Waals surface area contributed by atoms with E-state index in [0.717, 1.165) is 17.7 Å². The lowest BCUT2D eigenvalue weighted by atomic mass is 9.93. The first-order valence-corrected chi connectivity index (χ1v) is 12.0. The number of nitrogens with zero attached hydrogens (tertiary/aromatic N) is 1. The summed E-state index contributed by atoms with van der Waals surface area (Å²) in [6.07, 6.45) is 1.83. The average Bonchev–Trinajstić information content (AvgIpc) is 2.88. The molecule has 2 aliphatic heterocycles. The predicted molar refractivity (Wildman–Crippen MR) is 112 cm³/mol. The lowest BCUT2D eigenvalue weighted by Crippen LogP contribution is -2.55. The third kappa shape index (κ3) is 5.93. The number of rotatable bonds is 6. The fraction of sp³-hybridized carbons (Fsp3) is 0.667. The SMILES string of the molecule is Cc1ccc(OCC2(O)CCCN(CC(=O)NC3(C)CCS(=O)(=O)C3)C2)cc1C. The number of ether oxygens (including phenoxy) is 1. The highest BCUT2D eigenvalue weighted by Gasteiger charge is 2.40. The topological polar surface area (TPSA) is 95.9 Å². The van der Waals surface area contributed by atoms with Crippen molar-refractivity contribution in [1.82, 2.24) is 10.2 Å². The van der Waals surface area contributed by atoms with Gasteiger partial charge >= 0.3 is 0 Å². The molecule has 1 amide bonds. The molecule has 2 heterocycles. The fourth-order valence-corrected chi connectivity index (χ4v) is 6.26. The summed E-state index contributed by atoms with van der Waals surface area (Å²) in [6.45, 7) is 7.21. The first-order chi connectivity index (χ1) is 13.5. The van der Waals surface area contributed by atoms with Gasteiger partial charge in [-0.2, -0.15) is 0 Å². The molecule has 8 heteroatoms. The van der Waals surface area contributed by atoms with Crippen LogP contribution in [0.1, 0.15) is 37.3 Å². The van der Waals surface area contributed by atoms with Gasteiger partial charge < -0.3 is 15.2 Å². The Balaban J connectivity index is 1.52. The number of likely N-dealkylation sites (tertiary alicyclic amines) is 1. The van der Waals surface area contributed by atoms with Gasteiger partial charge in [-0.3, -0.25) is 9.69 Å². The number of nitrogens with one attached hydrogen (secondary N) is 1. The maximum absolute atomic E-state index is 12.5. The molecule has 2 fully saturated rings. The fourth-order valence-electron chi connectivity index (χ4n) is 4.17. The largest absolute Gasteiger partial charge is 0.491 e. The number of β-amino-alcohol motifs (C(OH)–C–C–N with tert-alkyl or cyclic N) is 1. The average molecular weight is 425 g/mol. The van der Waals surface area contributed by atoms with Gasteiger partial charge in [0, 0.05) is 6.54 Å². The number of amides is 1. The number of benzene rings is 1. The van der Waals surface area contributed by atoms with E-state index >= 15 is 0 Å². The van der Waals surface area contributed by atoms with Gasteiger partial charge in [0.15, 0.2) is 9.84 Å².